The summed E-state index contributed by atoms with van der Waals surface area (Å²) in [5.41, 5.74) is 6.45. The molecule has 0 radical (unpaired) electrons. The maximum absolute atomic E-state index is 12.2. The van der Waals surface area contributed by atoms with Gasteiger partial charge < -0.3 is 16.0 Å². The van der Waals surface area contributed by atoms with Crippen LogP contribution >= 0.6 is 11.8 Å². The number of H-pyrrole nitrogens is 1. The number of nitrogen functional groups attached to an aromatic ring is 1. The Hall–Kier alpha value is -2.28. The molecule has 0 spiro atoms. The Morgan fingerprint density at radius 1 is 1.45 bits per heavy atom. The average Bonchev–Trinajstić information content (AvgIpc) is 2.90. The highest BCUT2D eigenvalue weighted by Crippen LogP contribution is 2.36. The molecule has 1 aromatic heterocycles. The van der Waals surface area contributed by atoms with E-state index in [1.54, 1.807) is 11.8 Å². The molecule has 1 aliphatic rings. The number of anilines is 1. The molecular formula is C15H16N4O2S. The second kappa shape index (κ2) is 6.23. The molecule has 22 heavy (non-hydrogen) atoms. The zero-order valence-electron chi connectivity index (χ0n) is 11.8. The van der Waals surface area contributed by atoms with Gasteiger partial charge in [-0.1, -0.05) is 18.2 Å². The first-order chi connectivity index (χ1) is 10.6. The van der Waals surface area contributed by atoms with E-state index in [0.29, 0.717) is 18.8 Å². The number of aromatic nitrogens is 2. The van der Waals surface area contributed by atoms with Gasteiger partial charge in [0.05, 0.1) is 5.25 Å². The van der Waals surface area contributed by atoms with Crippen molar-refractivity contribution >= 4 is 23.5 Å². The van der Waals surface area contributed by atoms with Crippen LogP contribution in [0.15, 0.2) is 40.0 Å². The predicted molar refractivity (Wildman–Crippen MR) is 85.8 cm³/mol. The third-order valence-electron chi connectivity index (χ3n) is 3.41. The molecule has 1 aliphatic heterocycles. The van der Waals surface area contributed by atoms with E-state index in [9.17, 15) is 9.59 Å². The number of nitrogens with zero attached hydrogens (tertiary/aromatic N) is 1. The zero-order valence-corrected chi connectivity index (χ0v) is 12.7. The van der Waals surface area contributed by atoms with Crippen LogP contribution in [-0.2, 0) is 17.6 Å². The quantitative estimate of drug-likeness (QED) is 0.772. The maximum Gasteiger partial charge on any atom is 0.252 e. The molecule has 1 atom stereocenters. The van der Waals surface area contributed by atoms with Gasteiger partial charge in [-0.15, -0.1) is 11.8 Å². The summed E-state index contributed by atoms with van der Waals surface area (Å²) in [5, 5.41) is 2.79. The minimum absolute atomic E-state index is 0.00690. The van der Waals surface area contributed by atoms with E-state index >= 15 is 0 Å². The van der Waals surface area contributed by atoms with Crippen molar-refractivity contribution in [3.63, 3.8) is 0 Å². The predicted octanol–water partition coefficient (Wildman–Crippen LogP) is 0.728. The fourth-order valence-corrected chi connectivity index (χ4v) is 3.61. The van der Waals surface area contributed by atoms with Crippen LogP contribution in [0.1, 0.15) is 11.4 Å². The number of amides is 1. The number of hydrogen-bond donors (Lipinski definition) is 3. The standard InChI is InChI=1S/C15H16N4O2S/c16-12-8-14(20)19-13(18-12)5-6-17-15(21)11-7-9-3-1-2-4-10(9)22-11/h1-4,8,11H,5-7H2,(H,17,21)(H3,16,18,19,20). The van der Waals surface area contributed by atoms with Crippen molar-refractivity contribution in [3.8, 4) is 0 Å². The molecule has 0 bridgehead atoms. The third kappa shape index (κ3) is 3.30. The Labute approximate surface area is 131 Å². The van der Waals surface area contributed by atoms with Crippen molar-refractivity contribution in [1.82, 2.24) is 15.3 Å². The summed E-state index contributed by atoms with van der Waals surface area (Å²) in [6, 6.07) is 9.29. The molecule has 0 saturated heterocycles. The molecule has 2 heterocycles. The molecule has 114 valence electrons. The van der Waals surface area contributed by atoms with E-state index < -0.39 is 0 Å². The largest absolute Gasteiger partial charge is 0.383 e. The Bertz CT molecular complexity index is 734. The molecule has 7 heteroatoms. The molecule has 1 unspecified atom stereocenters. The van der Waals surface area contributed by atoms with Crippen molar-refractivity contribution in [2.45, 2.75) is 23.0 Å². The Kier molecular flexibility index (Phi) is 4.15. The summed E-state index contributed by atoms with van der Waals surface area (Å²) < 4.78 is 0. The van der Waals surface area contributed by atoms with E-state index in [0.717, 1.165) is 6.42 Å². The van der Waals surface area contributed by atoms with Crippen LogP contribution in [0.4, 0.5) is 5.82 Å². The van der Waals surface area contributed by atoms with Crippen LogP contribution in [0.25, 0.3) is 0 Å². The molecule has 1 amide bonds. The van der Waals surface area contributed by atoms with Gasteiger partial charge in [-0.25, -0.2) is 4.98 Å². The number of benzene rings is 1. The minimum Gasteiger partial charge on any atom is -0.383 e. The lowest BCUT2D eigenvalue weighted by atomic mass is 10.1. The first-order valence-electron chi connectivity index (χ1n) is 7.00. The monoisotopic (exact) mass is 316 g/mol. The number of fused-ring (bicyclic) bond motifs is 1. The number of carbonyl (C=O) groups excluding carboxylic acids is 1. The van der Waals surface area contributed by atoms with E-state index in [1.807, 2.05) is 18.2 Å². The number of rotatable bonds is 4. The summed E-state index contributed by atoms with van der Waals surface area (Å²) >= 11 is 1.59. The topological polar surface area (TPSA) is 101 Å². The molecule has 0 aliphatic carbocycles. The first kappa shape index (κ1) is 14.6. The molecule has 0 fully saturated rings. The number of thioether (sulfide) groups is 1. The lowest BCUT2D eigenvalue weighted by Crippen LogP contribution is -2.34. The Morgan fingerprint density at radius 3 is 3.05 bits per heavy atom. The molecule has 1 aromatic carbocycles. The highest BCUT2D eigenvalue weighted by molar-refractivity contribution is 8.01. The number of carbonyl (C=O) groups is 1. The van der Waals surface area contributed by atoms with Crippen LogP contribution in [-0.4, -0.2) is 27.7 Å². The summed E-state index contributed by atoms with van der Waals surface area (Å²) in [6.45, 7) is 0.415. The van der Waals surface area contributed by atoms with E-state index in [4.69, 9.17) is 5.73 Å². The van der Waals surface area contributed by atoms with Crippen molar-refractivity contribution in [2.24, 2.45) is 0 Å². The van der Waals surface area contributed by atoms with Crippen LogP contribution in [0.2, 0.25) is 0 Å². The van der Waals surface area contributed by atoms with Gasteiger partial charge in [0.1, 0.15) is 11.6 Å². The summed E-state index contributed by atoms with van der Waals surface area (Å²) in [7, 11) is 0. The summed E-state index contributed by atoms with van der Waals surface area (Å²) in [6.07, 6.45) is 1.19. The van der Waals surface area contributed by atoms with Gasteiger partial charge in [-0.05, 0) is 18.1 Å². The highest BCUT2D eigenvalue weighted by atomic mass is 32.2. The molecule has 0 saturated carbocycles. The molecule has 3 rings (SSSR count). The normalized spacial score (nSPS) is 16.3. The highest BCUT2D eigenvalue weighted by Gasteiger charge is 2.27. The average molecular weight is 316 g/mol. The van der Waals surface area contributed by atoms with Gasteiger partial charge in [0.25, 0.3) is 5.56 Å². The number of nitrogens with one attached hydrogen (secondary N) is 2. The van der Waals surface area contributed by atoms with Crippen LogP contribution < -0.4 is 16.6 Å². The fourth-order valence-electron chi connectivity index (χ4n) is 2.39. The lowest BCUT2D eigenvalue weighted by molar-refractivity contribution is -0.120. The summed E-state index contributed by atoms with van der Waals surface area (Å²) in [4.78, 5) is 31.3. The van der Waals surface area contributed by atoms with Gasteiger partial charge in [0.2, 0.25) is 5.91 Å². The summed E-state index contributed by atoms with van der Waals surface area (Å²) in [5.74, 6) is 0.673. The second-order valence-corrected chi connectivity index (χ2v) is 6.32. The zero-order chi connectivity index (χ0) is 15.5. The molecular weight excluding hydrogens is 300 g/mol. The van der Waals surface area contributed by atoms with E-state index in [-0.39, 0.29) is 22.5 Å². The van der Waals surface area contributed by atoms with Crippen molar-refractivity contribution in [2.75, 3.05) is 12.3 Å². The van der Waals surface area contributed by atoms with Crippen LogP contribution in [0, 0.1) is 0 Å². The SMILES string of the molecule is Nc1cc(=O)[nH]c(CCNC(=O)C2Cc3ccccc3S2)n1. The maximum atomic E-state index is 12.2. The molecule has 2 aromatic rings. The lowest BCUT2D eigenvalue weighted by Gasteiger charge is -2.09. The van der Waals surface area contributed by atoms with Crippen LogP contribution in [0.3, 0.4) is 0 Å². The van der Waals surface area contributed by atoms with Crippen LogP contribution in [0.5, 0.6) is 0 Å². The molecule has 6 nitrogen and oxygen atoms in total. The van der Waals surface area contributed by atoms with Gasteiger partial charge in [-0.3, -0.25) is 9.59 Å². The Balaban J connectivity index is 1.52. The molecule has 4 N–H and O–H groups in total. The Morgan fingerprint density at radius 2 is 2.27 bits per heavy atom. The second-order valence-electron chi connectivity index (χ2n) is 5.08. The number of hydrogen-bond acceptors (Lipinski definition) is 5. The number of nitrogens with two attached hydrogens (primary N) is 1. The van der Waals surface area contributed by atoms with Gasteiger partial charge in [0, 0.05) is 23.9 Å². The van der Waals surface area contributed by atoms with Gasteiger partial charge >= 0.3 is 0 Å². The third-order valence-corrected chi connectivity index (χ3v) is 4.73. The van der Waals surface area contributed by atoms with Crippen molar-refractivity contribution < 1.29 is 4.79 Å². The van der Waals surface area contributed by atoms with E-state index in [2.05, 4.69) is 21.4 Å². The smallest absolute Gasteiger partial charge is 0.252 e. The van der Waals surface area contributed by atoms with E-state index in [1.165, 1.54) is 16.5 Å². The van der Waals surface area contributed by atoms with Gasteiger partial charge in [0.15, 0.2) is 0 Å². The first-order valence-corrected chi connectivity index (χ1v) is 7.88. The van der Waals surface area contributed by atoms with Gasteiger partial charge in [-0.2, -0.15) is 0 Å². The fraction of sp³-hybridized carbons (Fsp3) is 0.267. The van der Waals surface area contributed by atoms with Crippen molar-refractivity contribution in [1.29, 1.82) is 0 Å². The number of aromatic amines is 1. The minimum atomic E-state index is -0.282. The van der Waals surface area contributed by atoms with Crippen molar-refractivity contribution in [3.05, 3.63) is 52.1 Å².